The molecule has 0 aliphatic carbocycles. The van der Waals surface area contributed by atoms with Crippen LogP contribution in [0.25, 0.3) is 10.9 Å². The molecule has 2 nitrogen and oxygen atoms in total. The average Bonchev–Trinajstić information content (AvgIpc) is 2.36. The van der Waals surface area contributed by atoms with E-state index in [1.807, 2.05) is 24.3 Å². The predicted molar refractivity (Wildman–Crippen MR) is 73.6 cm³/mol. The first-order chi connectivity index (χ1) is 8.11. The Morgan fingerprint density at radius 2 is 2.06 bits per heavy atom. The molecule has 1 aromatic carbocycles. The second-order valence-corrected chi connectivity index (χ2v) is 5.20. The van der Waals surface area contributed by atoms with Crippen molar-refractivity contribution in [3.8, 4) is 0 Å². The number of benzene rings is 1. The van der Waals surface area contributed by atoms with E-state index in [4.69, 9.17) is 0 Å². The molecule has 0 aliphatic heterocycles. The maximum absolute atomic E-state index is 11.4. The van der Waals surface area contributed by atoms with Crippen molar-refractivity contribution in [1.29, 1.82) is 0 Å². The van der Waals surface area contributed by atoms with Crippen LogP contribution in [0, 0.1) is 0 Å². The van der Waals surface area contributed by atoms with Crippen LogP contribution in [0.2, 0.25) is 0 Å². The monoisotopic (exact) mass is 291 g/mol. The minimum Gasteiger partial charge on any atom is -0.299 e. The summed E-state index contributed by atoms with van der Waals surface area (Å²) in [5, 5.41) is 1.12. The van der Waals surface area contributed by atoms with Crippen LogP contribution >= 0.6 is 15.9 Å². The lowest BCUT2D eigenvalue weighted by molar-refractivity contribution is -0.116. The van der Waals surface area contributed by atoms with Gasteiger partial charge in [-0.25, -0.2) is 0 Å². The van der Waals surface area contributed by atoms with Gasteiger partial charge in [-0.05, 0) is 24.6 Å². The fraction of sp³-hybridized carbons (Fsp3) is 0.286. The average molecular weight is 292 g/mol. The highest BCUT2D eigenvalue weighted by molar-refractivity contribution is 9.10. The first-order valence-corrected chi connectivity index (χ1v) is 6.51. The molecule has 3 heteroatoms. The predicted octanol–water partition coefficient (Wildman–Crippen LogP) is 3.69. The van der Waals surface area contributed by atoms with Crippen LogP contribution in [0.5, 0.6) is 0 Å². The molecule has 0 aliphatic rings. The van der Waals surface area contributed by atoms with Gasteiger partial charge in [0, 0.05) is 17.5 Å². The van der Waals surface area contributed by atoms with Crippen molar-refractivity contribution in [2.75, 3.05) is 0 Å². The third kappa shape index (κ3) is 2.39. The highest BCUT2D eigenvalue weighted by Gasteiger charge is 2.21. The molecule has 88 valence electrons. The zero-order valence-corrected chi connectivity index (χ0v) is 11.4. The molecule has 2 unspecified atom stereocenters. The molecule has 0 fully saturated rings. The van der Waals surface area contributed by atoms with Crippen LogP contribution in [0.15, 0.2) is 36.5 Å². The van der Waals surface area contributed by atoms with Gasteiger partial charge in [0.1, 0.15) is 5.78 Å². The normalized spacial score (nSPS) is 14.5. The van der Waals surface area contributed by atoms with Crippen LogP contribution < -0.4 is 0 Å². The Kier molecular flexibility index (Phi) is 3.57. The van der Waals surface area contributed by atoms with E-state index in [-0.39, 0.29) is 16.5 Å². The van der Waals surface area contributed by atoms with E-state index in [0.29, 0.717) is 0 Å². The summed E-state index contributed by atoms with van der Waals surface area (Å²) < 4.78 is 0. The molecule has 0 saturated heterocycles. The summed E-state index contributed by atoms with van der Waals surface area (Å²) in [5.74, 6) is 0.291. The zero-order chi connectivity index (χ0) is 12.4. The standard InChI is InChI=1S/C14H14BrNO/c1-9(14(15)10(2)17)11-5-3-7-13-12(11)6-4-8-16-13/h3-9,14H,1-2H3. The lowest BCUT2D eigenvalue weighted by Gasteiger charge is -2.17. The minimum atomic E-state index is -0.145. The number of fused-ring (bicyclic) bond motifs is 1. The van der Waals surface area contributed by atoms with E-state index in [2.05, 4.69) is 33.9 Å². The number of carbonyl (C=O) groups is 1. The smallest absolute Gasteiger partial charge is 0.144 e. The highest BCUT2D eigenvalue weighted by Crippen LogP contribution is 2.30. The summed E-state index contributed by atoms with van der Waals surface area (Å²) in [5.41, 5.74) is 2.13. The molecule has 0 bridgehead atoms. The first kappa shape index (κ1) is 12.2. The van der Waals surface area contributed by atoms with Crippen LogP contribution in [-0.4, -0.2) is 15.6 Å². The van der Waals surface area contributed by atoms with Crippen molar-refractivity contribution < 1.29 is 4.79 Å². The molecule has 1 aromatic heterocycles. The molecule has 2 aromatic rings. The van der Waals surface area contributed by atoms with Crippen molar-refractivity contribution in [3.05, 3.63) is 42.1 Å². The van der Waals surface area contributed by atoms with Crippen molar-refractivity contribution in [2.24, 2.45) is 0 Å². The number of hydrogen-bond donors (Lipinski definition) is 0. The number of nitrogens with zero attached hydrogens (tertiary/aromatic N) is 1. The number of ketones is 1. The summed E-state index contributed by atoms with van der Waals surface area (Å²) in [6, 6.07) is 10.0. The van der Waals surface area contributed by atoms with Gasteiger partial charge < -0.3 is 0 Å². The van der Waals surface area contributed by atoms with E-state index in [1.54, 1.807) is 13.1 Å². The Labute approximate surface area is 109 Å². The van der Waals surface area contributed by atoms with Gasteiger partial charge in [-0.2, -0.15) is 0 Å². The van der Waals surface area contributed by atoms with Gasteiger partial charge in [0.15, 0.2) is 0 Å². The molecule has 17 heavy (non-hydrogen) atoms. The maximum atomic E-state index is 11.4. The van der Waals surface area contributed by atoms with Crippen LogP contribution in [0.1, 0.15) is 25.3 Å². The van der Waals surface area contributed by atoms with Crippen LogP contribution in [0.4, 0.5) is 0 Å². The van der Waals surface area contributed by atoms with Gasteiger partial charge in [0.2, 0.25) is 0 Å². The van der Waals surface area contributed by atoms with Crippen molar-refractivity contribution in [2.45, 2.75) is 24.6 Å². The van der Waals surface area contributed by atoms with E-state index < -0.39 is 0 Å². The summed E-state index contributed by atoms with van der Waals surface area (Å²) in [7, 11) is 0. The van der Waals surface area contributed by atoms with E-state index in [9.17, 15) is 4.79 Å². The zero-order valence-electron chi connectivity index (χ0n) is 9.85. The molecule has 0 N–H and O–H groups in total. The number of halogens is 1. The molecule has 0 radical (unpaired) electrons. The number of hydrogen-bond acceptors (Lipinski definition) is 2. The lowest BCUT2D eigenvalue weighted by atomic mass is 9.92. The molecule has 0 amide bonds. The fourth-order valence-electron chi connectivity index (χ4n) is 2.03. The second kappa shape index (κ2) is 4.96. The summed E-state index contributed by atoms with van der Waals surface area (Å²) in [6.45, 7) is 3.67. The van der Waals surface area contributed by atoms with Gasteiger partial charge >= 0.3 is 0 Å². The van der Waals surface area contributed by atoms with Gasteiger partial charge in [0.25, 0.3) is 0 Å². The maximum Gasteiger partial charge on any atom is 0.144 e. The number of rotatable bonds is 3. The summed E-state index contributed by atoms with van der Waals surface area (Å²) >= 11 is 3.46. The highest BCUT2D eigenvalue weighted by atomic mass is 79.9. The Morgan fingerprint density at radius 1 is 1.29 bits per heavy atom. The molecular weight excluding hydrogens is 278 g/mol. The topological polar surface area (TPSA) is 30.0 Å². The molecule has 0 saturated carbocycles. The van der Waals surface area contributed by atoms with Gasteiger partial charge in [-0.15, -0.1) is 0 Å². The Morgan fingerprint density at radius 3 is 2.76 bits per heavy atom. The Balaban J connectivity index is 2.52. The largest absolute Gasteiger partial charge is 0.299 e. The number of Topliss-reactive ketones (excluding diaryl/α,β-unsaturated/α-hetero) is 1. The first-order valence-electron chi connectivity index (χ1n) is 5.59. The molecule has 2 atom stereocenters. The van der Waals surface area contributed by atoms with Crippen molar-refractivity contribution >= 4 is 32.6 Å². The van der Waals surface area contributed by atoms with Gasteiger partial charge in [-0.1, -0.05) is 41.1 Å². The Hall–Kier alpha value is -1.22. The fourth-order valence-corrected chi connectivity index (χ4v) is 2.32. The van der Waals surface area contributed by atoms with E-state index in [1.165, 1.54) is 0 Å². The number of aromatic nitrogens is 1. The SMILES string of the molecule is CC(=O)C(Br)C(C)c1cccc2ncccc12. The van der Waals surface area contributed by atoms with Crippen LogP contribution in [0.3, 0.4) is 0 Å². The quantitative estimate of drug-likeness (QED) is 0.808. The Bertz CT molecular complexity index is 547. The second-order valence-electron chi connectivity index (χ2n) is 4.22. The van der Waals surface area contributed by atoms with Gasteiger partial charge in [-0.3, -0.25) is 9.78 Å². The number of carbonyl (C=O) groups excluding carboxylic acids is 1. The lowest BCUT2D eigenvalue weighted by Crippen LogP contribution is -2.17. The molecule has 1 heterocycles. The van der Waals surface area contributed by atoms with E-state index in [0.717, 1.165) is 16.5 Å². The van der Waals surface area contributed by atoms with Gasteiger partial charge in [0.05, 0.1) is 10.3 Å². The third-order valence-corrected chi connectivity index (χ3v) is 4.44. The molecule has 0 spiro atoms. The number of pyridine rings is 1. The summed E-state index contributed by atoms with van der Waals surface area (Å²) in [4.78, 5) is 15.6. The summed E-state index contributed by atoms with van der Waals surface area (Å²) in [6.07, 6.45) is 1.79. The molecule has 2 rings (SSSR count). The van der Waals surface area contributed by atoms with Crippen LogP contribution in [-0.2, 0) is 4.79 Å². The number of alkyl halides is 1. The van der Waals surface area contributed by atoms with Crippen molar-refractivity contribution in [1.82, 2.24) is 4.98 Å². The van der Waals surface area contributed by atoms with E-state index >= 15 is 0 Å². The third-order valence-electron chi connectivity index (χ3n) is 3.00. The van der Waals surface area contributed by atoms with Crippen molar-refractivity contribution in [3.63, 3.8) is 0 Å². The molecular formula is C14H14BrNO. The minimum absolute atomic E-state index is 0.139.